The van der Waals surface area contributed by atoms with E-state index in [0.717, 1.165) is 62.4 Å². The van der Waals surface area contributed by atoms with Gasteiger partial charge < -0.3 is 10.2 Å². The molecule has 2 aromatic heterocycles. The van der Waals surface area contributed by atoms with Crippen molar-refractivity contribution >= 4 is 33.3 Å². The SMILES string of the molecule is CCCCNC(=O)C1CCCN(c2ncnc3sc4c(c23)CCCC4)C1. The summed E-state index contributed by atoms with van der Waals surface area (Å²) < 4.78 is 0. The molecule has 1 saturated heterocycles. The lowest BCUT2D eigenvalue weighted by Crippen LogP contribution is -2.43. The lowest BCUT2D eigenvalue weighted by molar-refractivity contribution is -0.125. The first-order valence-electron chi connectivity index (χ1n) is 10.1. The molecule has 2 aromatic rings. The minimum absolute atomic E-state index is 0.0695. The van der Waals surface area contributed by atoms with Crippen LogP contribution in [0.25, 0.3) is 10.2 Å². The third-order valence-electron chi connectivity index (χ3n) is 5.65. The molecule has 0 radical (unpaired) electrons. The van der Waals surface area contributed by atoms with Crippen molar-refractivity contribution < 1.29 is 4.79 Å². The number of thiophene rings is 1. The molecule has 6 heteroatoms. The van der Waals surface area contributed by atoms with E-state index in [4.69, 9.17) is 0 Å². The number of unbranched alkanes of at least 4 members (excludes halogenated alkanes) is 1. The number of hydrogen-bond acceptors (Lipinski definition) is 5. The third kappa shape index (κ3) is 3.43. The zero-order valence-electron chi connectivity index (χ0n) is 15.6. The van der Waals surface area contributed by atoms with Crippen LogP contribution in [0.15, 0.2) is 6.33 Å². The Labute approximate surface area is 159 Å². The van der Waals surface area contributed by atoms with Crippen LogP contribution in [0.2, 0.25) is 0 Å². The third-order valence-corrected chi connectivity index (χ3v) is 6.85. The molecule has 1 aliphatic heterocycles. The zero-order valence-corrected chi connectivity index (χ0v) is 16.4. The standard InChI is InChI=1S/C20H28N4OS/c1-2-3-10-21-19(25)14-7-6-11-24(12-14)18-17-15-8-4-5-9-16(15)26-20(17)23-13-22-18/h13-14H,2-12H2,1H3,(H,21,25). The Hall–Kier alpha value is -1.69. The number of aryl methyl sites for hydroxylation is 2. The summed E-state index contributed by atoms with van der Waals surface area (Å²) in [7, 11) is 0. The monoisotopic (exact) mass is 372 g/mol. The van der Waals surface area contributed by atoms with Gasteiger partial charge in [0.25, 0.3) is 0 Å². The van der Waals surface area contributed by atoms with Gasteiger partial charge in [0, 0.05) is 24.5 Å². The van der Waals surface area contributed by atoms with Crippen LogP contribution in [0.3, 0.4) is 0 Å². The van der Waals surface area contributed by atoms with Gasteiger partial charge in [-0.2, -0.15) is 0 Å². The van der Waals surface area contributed by atoms with Gasteiger partial charge in [-0.25, -0.2) is 9.97 Å². The average Bonchev–Trinajstić information content (AvgIpc) is 3.07. The maximum absolute atomic E-state index is 12.5. The van der Waals surface area contributed by atoms with E-state index in [1.807, 2.05) is 11.3 Å². The van der Waals surface area contributed by atoms with Crippen LogP contribution in [0.5, 0.6) is 0 Å². The fourth-order valence-electron chi connectivity index (χ4n) is 4.23. The molecule has 0 saturated carbocycles. The van der Waals surface area contributed by atoms with E-state index in [1.54, 1.807) is 6.33 Å². The molecule has 4 rings (SSSR count). The molecule has 1 amide bonds. The van der Waals surface area contributed by atoms with Crippen molar-refractivity contribution in [2.45, 2.75) is 58.3 Å². The van der Waals surface area contributed by atoms with Crippen molar-refractivity contribution in [1.29, 1.82) is 0 Å². The van der Waals surface area contributed by atoms with E-state index >= 15 is 0 Å². The summed E-state index contributed by atoms with van der Waals surface area (Å²) in [6, 6.07) is 0. The smallest absolute Gasteiger partial charge is 0.224 e. The van der Waals surface area contributed by atoms with Crippen LogP contribution >= 0.6 is 11.3 Å². The van der Waals surface area contributed by atoms with Crippen LogP contribution in [0, 0.1) is 5.92 Å². The first-order chi connectivity index (χ1) is 12.8. The topological polar surface area (TPSA) is 58.1 Å². The summed E-state index contributed by atoms with van der Waals surface area (Å²) in [4.78, 5) is 26.7. The minimum Gasteiger partial charge on any atom is -0.356 e. The second-order valence-electron chi connectivity index (χ2n) is 7.52. The van der Waals surface area contributed by atoms with Crippen LogP contribution in [0.1, 0.15) is 55.9 Å². The van der Waals surface area contributed by atoms with Gasteiger partial charge >= 0.3 is 0 Å². The van der Waals surface area contributed by atoms with Crippen molar-refractivity contribution in [3.63, 3.8) is 0 Å². The second kappa shape index (κ2) is 7.91. The molecular weight excluding hydrogens is 344 g/mol. The summed E-state index contributed by atoms with van der Waals surface area (Å²) in [6.45, 7) is 4.70. The molecule has 5 nitrogen and oxygen atoms in total. The molecule has 1 fully saturated rings. The van der Waals surface area contributed by atoms with Gasteiger partial charge in [0.05, 0.1) is 11.3 Å². The second-order valence-corrected chi connectivity index (χ2v) is 8.60. The average molecular weight is 373 g/mol. The van der Waals surface area contributed by atoms with E-state index < -0.39 is 0 Å². The Morgan fingerprint density at radius 3 is 3.08 bits per heavy atom. The van der Waals surface area contributed by atoms with Crippen LogP contribution in [-0.4, -0.2) is 35.5 Å². The molecule has 26 heavy (non-hydrogen) atoms. The number of carbonyl (C=O) groups excluding carboxylic acids is 1. The Morgan fingerprint density at radius 2 is 2.19 bits per heavy atom. The fraction of sp³-hybridized carbons (Fsp3) is 0.650. The Balaban J connectivity index is 1.57. The summed E-state index contributed by atoms with van der Waals surface area (Å²) in [5.41, 5.74) is 1.47. The van der Waals surface area contributed by atoms with E-state index in [9.17, 15) is 4.79 Å². The van der Waals surface area contributed by atoms with Crippen molar-refractivity contribution in [2.24, 2.45) is 5.92 Å². The fourth-order valence-corrected chi connectivity index (χ4v) is 5.45. The largest absolute Gasteiger partial charge is 0.356 e. The van der Waals surface area contributed by atoms with Gasteiger partial charge in [0.15, 0.2) is 0 Å². The molecule has 0 spiro atoms. The highest BCUT2D eigenvalue weighted by molar-refractivity contribution is 7.19. The van der Waals surface area contributed by atoms with E-state index in [0.29, 0.717) is 0 Å². The quantitative estimate of drug-likeness (QED) is 0.813. The number of nitrogens with zero attached hydrogens (tertiary/aromatic N) is 3. The predicted molar refractivity (Wildman–Crippen MR) is 107 cm³/mol. The van der Waals surface area contributed by atoms with Crippen molar-refractivity contribution in [3.05, 3.63) is 16.8 Å². The molecular formula is C20H28N4OS. The molecule has 1 atom stereocenters. The van der Waals surface area contributed by atoms with Crippen molar-refractivity contribution in [3.8, 4) is 0 Å². The van der Waals surface area contributed by atoms with Crippen molar-refractivity contribution in [1.82, 2.24) is 15.3 Å². The Morgan fingerprint density at radius 1 is 1.31 bits per heavy atom. The summed E-state index contributed by atoms with van der Waals surface area (Å²) in [5.74, 6) is 1.33. The van der Waals surface area contributed by atoms with Gasteiger partial charge in [0.1, 0.15) is 17.0 Å². The number of piperidine rings is 1. The zero-order chi connectivity index (χ0) is 17.9. The number of anilines is 1. The van der Waals surface area contributed by atoms with Gasteiger partial charge in [-0.1, -0.05) is 13.3 Å². The number of nitrogens with one attached hydrogen (secondary N) is 1. The molecule has 140 valence electrons. The van der Waals surface area contributed by atoms with Gasteiger partial charge in [-0.05, 0) is 50.5 Å². The number of rotatable bonds is 5. The number of fused-ring (bicyclic) bond motifs is 3. The van der Waals surface area contributed by atoms with E-state index in [-0.39, 0.29) is 11.8 Å². The molecule has 1 aliphatic carbocycles. The Bertz CT molecular complexity index is 787. The van der Waals surface area contributed by atoms with Gasteiger partial charge in [0.2, 0.25) is 5.91 Å². The maximum Gasteiger partial charge on any atom is 0.224 e. The number of hydrogen-bond donors (Lipinski definition) is 1. The number of amides is 1. The molecule has 3 heterocycles. The van der Waals surface area contributed by atoms with E-state index in [2.05, 4.69) is 27.1 Å². The normalized spacial score (nSPS) is 20.2. The van der Waals surface area contributed by atoms with Crippen LogP contribution in [-0.2, 0) is 17.6 Å². The molecule has 1 N–H and O–H groups in total. The molecule has 1 unspecified atom stereocenters. The highest BCUT2D eigenvalue weighted by Crippen LogP contribution is 2.40. The molecule has 0 aromatic carbocycles. The van der Waals surface area contributed by atoms with Crippen molar-refractivity contribution in [2.75, 3.05) is 24.5 Å². The lowest BCUT2D eigenvalue weighted by Gasteiger charge is -2.33. The predicted octanol–water partition coefficient (Wildman–Crippen LogP) is 3.70. The maximum atomic E-state index is 12.5. The Kier molecular flexibility index (Phi) is 5.38. The van der Waals surface area contributed by atoms with Crippen LogP contribution in [0.4, 0.5) is 5.82 Å². The first-order valence-corrected chi connectivity index (χ1v) is 10.9. The van der Waals surface area contributed by atoms with E-state index in [1.165, 1.54) is 35.1 Å². The van der Waals surface area contributed by atoms with Crippen LogP contribution < -0.4 is 10.2 Å². The summed E-state index contributed by atoms with van der Waals surface area (Å²) >= 11 is 1.84. The summed E-state index contributed by atoms with van der Waals surface area (Å²) in [5, 5.41) is 4.37. The first kappa shape index (κ1) is 17.7. The summed E-state index contributed by atoms with van der Waals surface area (Å²) in [6.07, 6.45) is 10.7. The van der Waals surface area contributed by atoms with Gasteiger partial charge in [-0.3, -0.25) is 4.79 Å². The van der Waals surface area contributed by atoms with Gasteiger partial charge in [-0.15, -0.1) is 11.3 Å². The number of aromatic nitrogens is 2. The minimum atomic E-state index is 0.0695. The highest BCUT2D eigenvalue weighted by Gasteiger charge is 2.29. The molecule has 2 aliphatic rings. The lowest BCUT2D eigenvalue weighted by atomic mass is 9.95. The molecule has 0 bridgehead atoms. The number of carbonyl (C=O) groups is 1. The highest BCUT2D eigenvalue weighted by atomic mass is 32.1.